The molecule has 138 valence electrons. The summed E-state index contributed by atoms with van der Waals surface area (Å²) in [5, 5.41) is 0. The summed E-state index contributed by atoms with van der Waals surface area (Å²) in [7, 11) is 0. The largest absolute Gasteiger partial charge is 0.483 e. The van der Waals surface area contributed by atoms with E-state index in [1.807, 2.05) is 26.0 Å². The van der Waals surface area contributed by atoms with Gasteiger partial charge < -0.3 is 9.47 Å². The lowest BCUT2D eigenvalue weighted by molar-refractivity contribution is -0.133. The summed E-state index contributed by atoms with van der Waals surface area (Å²) < 4.78 is 23.6. The zero-order valence-electron chi connectivity index (χ0n) is 14.8. The van der Waals surface area contributed by atoms with Crippen molar-refractivity contribution >= 4 is 11.8 Å². The van der Waals surface area contributed by atoms with Crippen molar-refractivity contribution in [2.75, 3.05) is 6.61 Å². The van der Waals surface area contributed by atoms with E-state index in [0.29, 0.717) is 11.5 Å². The Labute approximate surface area is 151 Å². The third-order valence-corrected chi connectivity index (χ3v) is 3.73. The Morgan fingerprint density at radius 2 is 1.77 bits per heavy atom. The van der Waals surface area contributed by atoms with Gasteiger partial charge in [-0.05, 0) is 62.2 Å². The van der Waals surface area contributed by atoms with Crippen LogP contribution in [0.2, 0.25) is 0 Å². The van der Waals surface area contributed by atoms with Gasteiger partial charge in [-0.25, -0.2) is 4.39 Å². The smallest absolute Gasteiger partial charge is 0.279 e. The molecule has 2 amide bonds. The number of carbonyl (C=O) groups is 2. The minimum absolute atomic E-state index is 0.238. The predicted molar refractivity (Wildman–Crippen MR) is 94.2 cm³/mol. The molecule has 0 fully saturated rings. The first-order chi connectivity index (χ1) is 12.4. The zero-order valence-corrected chi connectivity index (χ0v) is 14.8. The average molecular weight is 360 g/mol. The Hall–Kier alpha value is -3.09. The van der Waals surface area contributed by atoms with E-state index < -0.39 is 23.7 Å². The van der Waals surface area contributed by atoms with Crippen LogP contribution in [0.1, 0.15) is 18.1 Å². The van der Waals surface area contributed by atoms with E-state index in [4.69, 9.17) is 9.47 Å². The number of nitrogens with one attached hydrogen (secondary N) is 2. The van der Waals surface area contributed by atoms with Crippen LogP contribution in [-0.2, 0) is 9.59 Å². The SMILES string of the molecule is Cc1cccc(OCC(=O)NNC(=O)[C@@H](C)Oc2ccc(F)cc2)c1C. The quantitative estimate of drug-likeness (QED) is 0.776. The molecule has 0 saturated carbocycles. The van der Waals surface area contributed by atoms with Crippen molar-refractivity contribution in [3.8, 4) is 11.5 Å². The molecule has 0 heterocycles. The highest BCUT2D eigenvalue weighted by Gasteiger charge is 2.15. The molecule has 0 aliphatic heterocycles. The predicted octanol–water partition coefficient (Wildman–Crippen LogP) is 2.44. The van der Waals surface area contributed by atoms with Crippen LogP contribution in [0.5, 0.6) is 11.5 Å². The number of rotatable bonds is 6. The van der Waals surface area contributed by atoms with E-state index in [1.54, 1.807) is 6.07 Å². The second-order valence-electron chi connectivity index (χ2n) is 5.74. The second kappa shape index (κ2) is 8.84. The van der Waals surface area contributed by atoms with Gasteiger partial charge in [0.05, 0.1) is 0 Å². The number of hydrazine groups is 1. The van der Waals surface area contributed by atoms with Gasteiger partial charge >= 0.3 is 0 Å². The standard InChI is InChI=1S/C19H21FN2O4/c1-12-5-4-6-17(13(12)2)25-11-18(23)21-22-19(24)14(3)26-16-9-7-15(20)8-10-16/h4-10,14H,11H2,1-3H3,(H,21,23)(H,22,24)/t14-/m1/s1. The van der Waals surface area contributed by atoms with Crippen molar-refractivity contribution < 1.29 is 23.5 Å². The van der Waals surface area contributed by atoms with Gasteiger partial charge in [0.25, 0.3) is 11.8 Å². The van der Waals surface area contributed by atoms with Crippen LogP contribution in [0.3, 0.4) is 0 Å². The number of halogens is 1. The van der Waals surface area contributed by atoms with Crippen LogP contribution in [0, 0.1) is 19.7 Å². The highest BCUT2D eigenvalue weighted by atomic mass is 19.1. The van der Waals surface area contributed by atoms with Crippen molar-refractivity contribution in [2.45, 2.75) is 26.9 Å². The van der Waals surface area contributed by atoms with Gasteiger partial charge in [-0.3, -0.25) is 20.4 Å². The number of carbonyl (C=O) groups excluding carboxylic acids is 2. The van der Waals surface area contributed by atoms with Gasteiger partial charge in [0.15, 0.2) is 12.7 Å². The molecule has 0 aliphatic carbocycles. The molecule has 7 heteroatoms. The molecule has 2 aromatic carbocycles. The zero-order chi connectivity index (χ0) is 19.1. The summed E-state index contributed by atoms with van der Waals surface area (Å²) in [5.41, 5.74) is 6.53. The minimum Gasteiger partial charge on any atom is -0.483 e. The lowest BCUT2D eigenvalue weighted by Gasteiger charge is -2.15. The van der Waals surface area contributed by atoms with E-state index in [0.717, 1.165) is 11.1 Å². The van der Waals surface area contributed by atoms with Crippen molar-refractivity contribution in [2.24, 2.45) is 0 Å². The maximum atomic E-state index is 12.8. The van der Waals surface area contributed by atoms with Gasteiger partial charge in [0, 0.05) is 0 Å². The topological polar surface area (TPSA) is 76.7 Å². The second-order valence-corrected chi connectivity index (χ2v) is 5.74. The van der Waals surface area contributed by atoms with Gasteiger partial charge in [-0.1, -0.05) is 12.1 Å². The minimum atomic E-state index is -0.874. The molecule has 2 rings (SSSR count). The number of ether oxygens (including phenoxy) is 2. The van der Waals surface area contributed by atoms with Crippen molar-refractivity contribution in [1.29, 1.82) is 0 Å². The van der Waals surface area contributed by atoms with Gasteiger partial charge in [-0.15, -0.1) is 0 Å². The fourth-order valence-electron chi connectivity index (χ4n) is 2.06. The van der Waals surface area contributed by atoms with Crippen LogP contribution in [0.25, 0.3) is 0 Å². The number of hydrogen-bond donors (Lipinski definition) is 2. The molecule has 2 N–H and O–H groups in total. The first-order valence-corrected chi connectivity index (χ1v) is 8.06. The van der Waals surface area contributed by atoms with E-state index in [1.165, 1.54) is 31.2 Å². The summed E-state index contributed by atoms with van der Waals surface area (Å²) >= 11 is 0. The Morgan fingerprint density at radius 3 is 2.46 bits per heavy atom. The summed E-state index contributed by atoms with van der Waals surface area (Å²) in [6, 6.07) is 10.8. The van der Waals surface area contributed by atoms with Gasteiger partial charge in [-0.2, -0.15) is 0 Å². The highest BCUT2D eigenvalue weighted by molar-refractivity contribution is 5.85. The Kier molecular flexibility index (Phi) is 6.54. The molecule has 0 aromatic heterocycles. The average Bonchev–Trinajstić information content (AvgIpc) is 2.62. The van der Waals surface area contributed by atoms with Gasteiger partial charge in [0.1, 0.15) is 17.3 Å². The van der Waals surface area contributed by atoms with Gasteiger partial charge in [0.2, 0.25) is 0 Å². The molecule has 0 radical (unpaired) electrons. The van der Waals surface area contributed by atoms with E-state index in [9.17, 15) is 14.0 Å². The molecule has 0 aliphatic rings. The maximum Gasteiger partial charge on any atom is 0.279 e. The van der Waals surface area contributed by atoms with Crippen LogP contribution in [0.15, 0.2) is 42.5 Å². The number of hydrogen-bond acceptors (Lipinski definition) is 4. The number of amides is 2. The monoisotopic (exact) mass is 360 g/mol. The fraction of sp³-hybridized carbons (Fsp3) is 0.263. The van der Waals surface area contributed by atoms with Crippen LogP contribution in [-0.4, -0.2) is 24.5 Å². The molecular formula is C19H21FN2O4. The molecule has 26 heavy (non-hydrogen) atoms. The number of aryl methyl sites for hydroxylation is 1. The normalized spacial score (nSPS) is 11.4. The molecule has 0 saturated heterocycles. The first kappa shape index (κ1) is 19.2. The highest BCUT2D eigenvalue weighted by Crippen LogP contribution is 2.20. The van der Waals surface area contributed by atoms with E-state index >= 15 is 0 Å². The maximum absolute atomic E-state index is 12.8. The molecule has 2 aromatic rings. The first-order valence-electron chi connectivity index (χ1n) is 8.06. The summed E-state index contributed by atoms with van der Waals surface area (Å²) in [6.07, 6.45) is -0.874. The van der Waals surface area contributed by atoms with Crippen molar-refractivity contribution in [3.05, 3.63) is 59.4 Å². The van der Waals surface area contributed by atoms with Crippen LogP contribution < -0.4 is 20.3 Å². The lowest BCUT2D eigenvalue weighted by Crippen LogP contribution is -2.48. The Bertz CT molecular complexity index is 778. The molecule has 0 bridgehead atoms. The van der Waals surface area contributed by atoms with Crippen molar-refractivity contribution in [3.63, 3.8) is 0 Å². The van der Waals surface area contributed by atoms with Crippen molar-refractivity contribution in [1.82, 2.24) is 10.9 Å². The third kappa shape index (κ3) is 5.47. The summed E-state index contributed by atoms with van der Waals surface area (Å²) in [5.74, 6) is -0.494. The Morgan fingerprint density at radius 1 is 1.08 bits per heavy atom. The van der Waals surface area contributed by atoms with Crippen LogP contribution >= 0.6 is 0 Å². The molecule has 1 atom stereocenters. The van der Waals surface area contributed by atoms with E-state index in [-0.39, 0.29) is 6.61 Å². The lowest BCUT2D eigenvalue weighted by atomic mass is 10.1. The molecule has 6 nitrogen and oxygen atoms in total. The Balaban J connectivity index is 1.76. The molecule has 0 spiro atoms. The summed E-state index contributed by atoms with van der Waals surface area (Å²) in [4.78, 5) is 23.7. The fourth-order valence-corrected chi connectivity index (χ4v) is 2.06. The number of benzene rings is 2. The third-order valence-electron chi connectivity index (χ3n) is 3.73. The molecule has 0 unspecified atom stereocenters. The summed E-state index contributed by atoms with van der Waals surface area (Å²) in [6.45, 7) is 5.12. The molecular weight excluding hydrogens is 339 g/mol. The van der Waals surface area contributed by atoms with E-state index in [2.05, 4.69) is 10.9 Å². The van der Waals surface area contributed by atoms with Crippen LogP contribution in [0.4, 0.5) is 4.39 Å².